The number of nitrogens with two attached hydrogens (primary N) is 1. The van der Waals surface area contributed by atoms with E-state index in [1.807, 2.05) is 6.26 Å². The number of rotatable bonds is 5. The fourth-order valence-electron chi connectivity index (χ4n) is 2.09. The van der Waals surface area contributed by atoms with Crippen LogP contribution in [0, 0.1) is 5.41 Å². The van der Waals surface area contributed by atoms with Crippen LogP contribution in [-0.4, -0.2) is 60.7 Å². The molecule has 0 aromatic carbocycles. The van der Waals surface area contributed by atoms with Crippen molar-refractivity contribution in [2.75, 3.05) is 38.8 Å². The molecule has 1 aliphatic rings. The van der Waals surface area contributed by atoms with Crippen LogP contribution in [0.4, 0.5) is 0 Å². The van der Waals surface area contributed by atoms with E-state index in [4.69, 9.17) is 15.7 Å². The smallest absolute Gasteiger partial charge is 0.236 e. The van der Waals surface area contributed by atoms with Crippen molar-refractivity contribution in [3.8, 4) is 0 Å². The summed E-state index contributed by atoms with van der Waals surface area (Å²) in [5.74, 6) is 0.771. The van der Waals surface area contributed by atoms with E-state index >= 15 is 0 Å². The first kappa shape index (κ1) is 15.1. The van der Waals surface area contributed by atoms with Gasteiger partial charge in [-0.05, 0) is 19.1 Å². The number of amidine groups is 1. The molecular formula is C11H21N3O3S. The third kappa shape index (κ3) is 3.08. The summed E-state index contributed by atoms with van der Waals surface area (Å²) in [6, 6.07) is 0. The molecule has 0 bridgehead atoms. The highest BCUT2D eigenvalue weighted by molar-refractivity contribution is 7.98. The zero-order chi connectivity index (χ0) is 13.6. The van der Waals surface area contributed by atoms with Crippen molar-refractivity contribution < 1.29 is 14.7 Å². The second-order valence-electron chi connectivity index (χ2n) is 4.40. The third-order valence-electron chi connectivity index (χ3n) is 3.33. The van der Waals surface area contributed by atoms with Crippen molar-refractivity contribution in [3.05, 3.63) is 0 Å². The lowest BCUT2D eigenvalue weighted by Gasteiger charge is -2.37. The van der Waals surface area contributed by atoms with Gasteiger partial charge in [-0.15, -0.1) is 0 Å². The average Bonchev–Trinajstić information content (AvgIpc) is 2.43. The van der Waals surface area contributed by atoms with E-state index in [0.29, 0.717) is 32.6 Å². The molecule has 0 atom stereocenters. The third-order valence-corrected chi connectivity index (χ3v) is 3.92. The molecule has 1 rings (SSSR count). The Bertz CT molecular complexity index is 317. The Balaban J connectivity index is 2.86. The molecule has 3 N–H and O–H groups in total. The zero-order valence-electron chi connectivity index (χ0n) is 10.9. The molecule has 1 fully saturated rings. The van der Waals surface area contributed by atoms with Crippen LogP contribution < -0.4 is 5.73 Å². The van der Waals surface area contributed by atoms with E-state index in [2.05, 4.69) is 5.16 Å². The highest BCUT2D eigenvalue weighted by Gasteiger charge is 2.45. The standard InChI is InChI=1S/C11H21N3O3S/c1-14(5-8-18-2)10(15)11(9(12)13-16)3-6-17-7-4-11/h16H,3-8H2,1-2H3,(H2,12,13). The Hall–Kier alpha value is -0.950. The van der Waals surface area contributed by atoms with Gasteiger partial charge in [-0.25, -0.2) is 0 Å². The van der Waals surface area contributed by atoms with E-state index < -0.39 is 5.41 Å². The van der Waals surface area contributed by atoms with Crippen LogP contribution in [0.5, 0.6) is 0 Å². The van der Waals surface area contributed by atoms with Gasteiger partial charge < -0.3 is 20.6 Å². The fraction of sp³-hybridized carbons (Fsp3) is 0.818. The van der Waals surface area contributed by atoms with Gasteiger partial charge in [0.15, 0.2) is 5.84 Å². The van der Waals surface area contributed by atoms with Crippen molar-refractivity contribution in [1.82, 2.24) is 4.90 Å². The summed E-state index contributed by atoms with van der Waals surface area (Å²) < 4.78 is 5.26. The Labute approximate surface area is 112 Å². The van der Waals surface area contributed by atoms with E-state index in [0.717, 1.165) is 5.75 Å². The Morgan fingerprint density at radius 2 is 2.17 bits per heavy atom. The van der Waals surface area contributed by atoms with E-state index in [9.17, 15) is 4.79 Å². The topological polar surface area (TPSA) is 88.2 Å². The average molecular weight is 275 g/mol. The largest absolute Gasteiger partial charge is 0.409 e. The minimum absolute atomic E-state index is 0.00759. The first-order valence-electron chi connectivity index (χ1n) is 5.88. The van der Waals surface area contributed by atoms with Crippen LogP contribution in [0.15, 0.2) is 5.16 Å². The number of hydrogen-bond donors (Lipinski definition) is 2. The summed E-state index contributed by atoms with van der Waals surface area (Å²) >= 11 is 1.68. The zero-order valence-corrected chi connectivity index (χ0v) is 11.7. The number of ether oxygens (including phenoxy) is 1. The van der Waals surface area contributed by atoms with Crippen LogP contribution in [0.25, 0.3) is 0 Å². The molecule has 7 heteroatoms. The van der Waals surface area contributed by atoms with E-state index in [-0.39, 0.29) is 11.7 Å². The monoisotopic (exact) mass is 275 g/mol. The Morgan fingerprint density at radius 3 is 2.67 bits per heavy atom. The number of thioether (sulfide) groups is 1. The lowest BCUT2D eigenvalue weighted by atomic mass is 9.77. The normalized spacial score (nSPS) is 19.6. The first-order valence-corrected chi connectivity index (χ1v) is 7.28. The van der Waals surface area contributed by atoms with Gasteiger partial charge in [-0.3, -0.25) is 4.79 Å². The van der Waals surface area contributed by atoms with Crippen molar-refractivity contribution in [2.24, 2.45) is 16.3 Å². The molecule has 0 radical (unpaired) electrons. The van der Waals surface area contributed by atoms with E-state index in [1.54, 1.807) is 23.7 Å². The molecule has 0 aromatic rings. The number of oxime groups is 1. The van der Waals surface area contributed by atoms with Crippen LogP contribution >= 0.6 is 11.8 Å². The molecule has 104 valence electrons. The highest BCUT2D eigenvalue weighted by Crippen LogP contribution is 2.32. The summed E-state index contributed by atoms with van der Waals surface area (Å²) in [4.78, 5) is 14.2. The van der Waals surface area contributed by atoms with Gasteiger partial charge in [0.1, 0.15) is 5.41 Å². The number of carbonyl (C=O) groups is 1. The maximum absolute atomic E-state index is 12.5. The Morgan fingerprint density at radius 1 is 1.56 bits per heavy atom. The van der Waals surface area contributed by atoms with Crippen LogP contribution in [0.2, 0.25) is 0 Å². The summed E-state index contributed by atoms with van der Waals surface area (Å²) in [5.41, 5.74) is 4.84. The van der Waals surface area contributed by atoms with Gasteiger partial charge in [-0.2, -0.15) is 11.8 Å². The lowest BCUT2D eigenvalue weighted by Crippen LogP contribution is -2.53. The lowest BCUT2D eigenvalue weighted by molar-refractivity contribution is -0.141. The molecular weight excluding hydrogens is 254 g/mol. The first-order chi connectivity index (χ1) is 8.58. The van der Waals surface area contributed by atoms with Gasteiger partial charge in [-0.1, -0.05) is 5.16 Å². The summed E-state index contributed by atoms with van der Waals surface area (Å²) in [6.45, 7) is 1.57. The highest BCUT2D eigenvalue weighted by atomic mass is 32.2. The predicted molar refractivity (Wildman–Crippen MR) is 71.9 cm³/mol. The molecule has 0 unspecified atom stereocenters. The SMILES string of the molecule is CSCCN(C)C(=O)C1(C(N)=NO)CCOCC1. The molecule has 1 heterocycles. The molecule has 0 spiro atoms. The van der Waals surface area contributed by atoms with Gasteiger partial charge in [0.05, 0.1) is 0 Å². The van der Waals surface area contributed by atoms with Crippen molar-refractivity contribution in [3.63, 3.8) is 0 Å². The molecule has 6 nitrogen and oxygen atoms in total. The maximum Gasteiger partial charge on any atom is 0.236 e. The van der Waals surface area contributed by atoms with E-state index in [1.165, 1.54) is 0 Å². The summed E-state index contributed by atoms with van der Waals surface area (Å²) in [5, 5.41) is 12.0. The van der Waals surface area contributed by atoms with Gasteiger partial charge in [0.25, 0.3) is 0 Å². The predicted octanol–water partition coefficient (Wildman–Crippen LogP) is 0.351. The number of carbonyl (C=O) groups excluding carboxylic acids is 1. The van der Waals surface area contributed by atoms with Gasteiger partial charge >= 0.3 is 0 Å². The fourth-order valence-corrected chi connectivity index (χ4v) is 2.55. The number of amides is 1. The minimum atomic E-state index is -0.903. The van der Waals surface area contributed by atoms with Crippen molar-refractivity contribution >= 4 is 23.5 Å². The molecule has 1 amide bonds. The summed E-state index contributed by atoms with van der Waals surface area (Å²) in [6.07, 6.45) is 2.92. The summed E-state index contributed by atoms with van der Waals surface area (Å²) in [7, 11) is 1.75. The second kappa shape index (κ2) is 6.84. The van der Waals surface area contributed by atoms with Crippen LogP contribution in [0.1, 0.15) is 12.8 Å². The molecule has 1 aliphatic heterocycles. The van der Waals surface area contributed by atoms with Crippen LogP contribution in [0.3, 0.4) is 0 Å². The number of hydrogen-bond acceptors (Lipinski definition) is 5. The van der Waals surface area contributed by atoms with Crippen molar-refractivity contribution in [2.45, 2.75) is 12.8 Å². The molecule has 0 saturated carbocycles. The number of nitrogens with zero attached hydrogens (tertiary/aromatic N) is 2. The van der Waals surface area contributed by atoms with Gasteiger partial charge in [0, 0.05) is 32.6 Å². The maximum atomic E-state index is 12.5. The molecule has 1 saturated heterocycles. The van der Waals surface area contributed by atoms with Crippen molar-refractivity contribution in [1.29, 1.82) is 0 Å². The minimum Gasteiger partial charge on any atom is -0.409 e. The Kier molecular flexibility index (Phi) is 5.74. The van der Waals surface area contributed by atoms with Gasteiger partial charge in [0.2, 0.25) is 5.91 Å². The second-order valence-corrected chi connectivity index (χ2v) is 5.38. The molecule has 0 aliphatic carbocycles. The van der Waals surface area contributed by atoms with Crippen LogP contribution in [-0.2, 0) is 9.53 Å². The quantitative estimate of drug-likeness (QED) is 0.327. The molecule has 0 aromatic heterocycles. The molecule has 18 heavy (non-hydrogen) atoms.